The van der Waals surface area contributed by atoms with Crippen molar-refractivity contribution in [3.8, 4) is 5.75 Å². The Morgan fingerprint density at radius 1 is 1.19 bits per heavy atom. The summed E-state index contributed by atoms with van der Waals surface area (Å²) in [7, 11) is 1.69. The fraction of sp³-hybridized carbons (Fsp3) is 0.471. The van der Waals surface area contributed by atoms with Crippen LogP contribution in [0.4, 0.5) is 0 Å². The highest BCUT2D eigenvalue weighted by atomic mass is 16.5. The van der Waals surface area contributed by atoms with Crippen LogP contribution >= 0.6 is 0 Å². The molecule has 1 aliphatic carbocycles. The van der Waals surface area contributed by atoms with Gasteiger partial charge in [0, 0.05) is 24.0 Å². The summed E-state index contributed by atoms with van der Waals surface area (Å²) >= 11 is 0. The molecule has 21 heavy (non-hydrogen) atoms. The number of hydrogen-bond acceptors (Lipinski definition) is 4. The van der Waals surface area contributed by atoms with Gasteiger partial charge in [-0.2, -0.15) is 0 Å². The summed E-state index contributed by atoms with van der Waals surface area (Å²) in [5, 5.41) is 4.71. The van der Waals surface area contributed by atoms with Crippen LogP contribution in [0.5, 0.6) is 5.75 Å². The molecule has 3 rings (SSSR count). The van der Waals surface area contributed by atoms with Crippen molar-refractivity contribution in [2.75, 3.05) is 7.11 Å². The molecule has 0 amide bonds. The van der Waals surface area contributed by atoms with Crippen LogP contribution in [0, 0.1) is 0 Å². The maximum absolute atomic E-state index is 5.94. The van der Waals surface area contributed by atoms with Crippen LogP contribution in [-0.4, -0.2) is 24.2 Å². The Bertz CT molecular complexity index is 606. The largest absolute Gasteiger partial charge is 0.494 e. The minimum absolute atomic E-state index is 0.395. The minimum atomic E-state index is 0.395. The third kappa shape index (κ3) is 3.34. The zero-order valence-corrected chi connectivity index (χ0v) is 12.5. The molecule has 1 heterocycles. The zero-order chi connectivity index (χ0) is 14.7. The predicted molar refractivity (Wildman–Crippen MR) is 85.4 cm³/mol. The lowest BCUT2D eigenvalue weighted by atomic mass is 9.92. The van der Waals surface area contributed by atoms with Gasteiger partial charge in [0.15, 0.2) is 0 Å². The van der Waals surface area contributed by atoms with Crippen molar-refractivity contribution in [3.63, 3.8) is 0 Å². The smallest absolute Gasteiger partial charge is 0.145 e. The molecule has 4 nitrogen and oxygen atoms in total. The van der Waals surface area contributed by atoms with E-state index in [1.54, 1.807) is 7.11 Å². The third-order valence-electron chi connectivity index (χ3n) is 4.30. The number of benzene rings is 1. The van der Waals surface area contributed by atoms with E-state index in [0.717, 1.165) is 54.6 Å². The zero-order valence-electron chi connectivity index (χ0n) is 12.5. The van der Waals surface area contributed by atoms with Crippen molar-refractivity contribution in [1.82, 2.24) is 10.3 Å². The van der Waals surface area contributed by atoms with Gasteiger partial charge in [-0.3, -0.25) is 0 Å². The third-order valence-corrected chi connectivity index (χ3v) is 4.30. The molecule has 0 spiro atoms. The molecule has 0 aliphatic heterocycles. The van der Waals surface area contributed by atoms with Crippen molar-refractivity contribution in [2.45, 2.75) is 44.3 Å². The fourth-order valence-electron chi connectivity index (χ4n) is 3.00. The van der Waals surface area contributed by atoms with E-state index >= 15 is 0 Å². The summed E-state index contributed by atoms with van der Waals surface area (Å²) < 4.78 is 5.39. The molecule has 1 fully saturated rings. The molecule has 1 aromatic carbocycles. The van der Waals surface area contributed by atoms with Gasteiger partial charge in [0.05, 0.1) is 12.8 Å². The Morgan fingerprint density at radius 3 is 2.76 bits per heavy atom. The number of ether oxygens (including phenoxy) is 1. The van der Waals surface area contributed by atoms with E-state index in [4.69, 9.17) is 15.5 Å². The number of nitrogens with two attached hydrogens (primary N) is 1. The Morgan fingerprint density at radius 2 is 2.00 bits per heavy atom. The summed E-state index contributed by atoms with van der Waals surface area (Å²) in [6.07, 6.45) is 4.57. The van der Waals surface area contributed by atoms with Gasteiger partial charge < -0.3 is 15.8 Å². The molecule has 112 valence electrons. The number of fused-ring (bicyclic) bond motifs is 1. The second-order valence-corrected chi connectivity index (χ2v) is 5.83. The standard InChI is InChI=1S/C17H23N3O/c1-21-16-4-2-3-12-5-8-15(20-17(12)16)11-19-14-9-6-13(18)7-10-14/h2-5,8,13-14,19H,6-7,9-11,18H2,1H3. The lowest BCUT2D eigenvalue weighted by molar-refractivity contribution is 0.341. The first kappa shape index (κ1) is 14.3. The van der Waals surface area contributed by atoms with Crippen molar-refractivity contribution in [2.24, 2.45) is 5.73 Å². The number of pyridine rings is 1. The summed E-state index contributed by atoms with van der Waals surface area (Å²) in [5.74, 6) is 0.831. The highest BCUT2D eigenvalue weighted by Crippen LogP contribution is 2.23. The van der Waals surface area contributed by atoms with Crippen LogP contribution in [0.25, 0.3) is 10.9 Å². The van der Waals surface area contributed by atoms with Crippen molar-refractivity contribution in [1.29, 1.82) is 0 Å². The summed E-state index contributed by atoms with van der Waals surface area (Å²) in [6.45, 7) is 0.799. The Balaban J connectivity index is 1.69. The van der Waals surface area contributed by atoms with E-state index < -0.39 is 0 Å². The van der Waals surface area contributed by atoms with Crippen LogP contribution in [-0.2, 0) is 6.54 Å². The van der Waals surface area contributed by atoms with E-state index in [2.05, 4.69) is 23.5 Å². The monoisotopic (exact) mass is 285 g/mol. The van der Waals surface area contributed by atoms with Crippen LogP contribution in [0.3, 0.4) is 0 Å². The molecule has 3 N–H and O–H groups in total. The molecule has 1 aromatic heterocycles. The molecule has 0 unspecified atom stereocenters. The van der Waals surface area contributed by atoms with Gasteiger partial charge in [0.25, 0.3) is 0 Å². The summed E-state index contributed by atoms with van der Waals surface area (Å²) in [4.78, 5) is 4.73. The topological polar surface area (TPSA) is 60.2 Å². The number of hydrogen-bond donors (Lipinski definition) is 2. The van der Waals surface area contributed by atoms with E-state index in [1.807, 2.05) is 12.1 Å². The summed E-state index contributed by atoms with van der Waals surface area (Å²) in [5.41, 5.74) is 7.94. The SMILES string of the molecule is COc1cccc2ccc(CNC3CCC(N)CC3)nc12. The van der Waals surface area contributed by atoms with Gasteiger partial charge in [-0.15, -0.1) is 0 Å². The average molecular weight is 285 g/mol. The molecule has 4 heteroatoms. The van der Waals surface area contributed by atoms with Gasteiger partial charge in [-0.05, 0) is 37.8 Å². The predicted octanol–water partition coefficient (Wildman–Crippen LogP) is 2.60. The van der Waals surface area contributed by atoms with Gasteiger partial charge in [-0.1, -0.05) is 18.2 Å². The molecular formula is C17H23N3O. The molecule has 0 saturated heterocycles. The molecule has 1 aliphatic rings. The van der Waals surface area contributed by atoms with E-state index in [1.165, 1.54) is 0 Å². The number of para-hydroxylation sites is 1. The number of aromatic nitrogens is 1. The first-order valence-electron chi connectivity index (χ1n) is 7.68. The van der Waals surface area contributed by atoms with Crippen molar-refractivity contribution in [3.05, 3.63) is 36.0 Å². The second kappa shape index (κ2) is 6.41. The number of methoxy groups -OCH3 is 1. The van der Waals surface area contributed by atoms with Gasteiger partial charge in [-0.25, -0.2) is 4.98 Å². The van der Waals surface area contributed by atoms with E-state index in [9.17, 15) is 0 Å². The average Bonchev–Trinajstić information content (AvgIpc) is 2.53. The molecule has 0 radical (unpaired) electrons. The molecule has 2 aromatic rings. The van der Waals surface area contributed by atoms with Crippen molar-refractivity contribution >= 4 is 10.9 Å². The normalized spacial score (nSPS) is 22.4. The van der Waals surface area contributed by atoms with Crippen LogP contribution in [0.1, 0.15) is 31.4 Å². The van der Waals surface area contributed by atoms with Gasteiger partial charge in [0.2, 0.25) is 0 Å². The van der Waals surface area contributed by atoms with E-state index in [0.29, 0.717) is 12.1 Å². The van der Waals surface area contributed by atoms with Gasteiger partial charge in [0.1, 0.15) is 11.3 Å². The Hall–Kier alpha value is -1.65. The highest BCUT2D eigenvalue weighted by molar-refractivity contribution is 5.84. The maximum atomic E-state index is 5.94. The first-order chi connectivity index (χ1) is 10.3. The molecule has 0 atom stereocenters. The molecule has 0 bridgehead atoms. The second-order valence-electron chi connectivity index (χ2n) is 5.83. The van der Waals surface area contributed by atoms with Crippen LogP contribution in [0.2, 0.25) is 0 Å². The Kier molecular flexibility index (Phi) is 4.36. The van der Waals surface area contributed by atoms with Crippen LogP contribution < -0.4 is 15.8 Å². The minimum Gasteiger partial charge on any atom is -0.494 e. The number of nitrogens with one attached hydrogen (secondary N) is 1. The molecular weight excluding hydrogens is 262 g/mol. The lowest BCUT2D eigenvalue weighted by Crippen LogP contribution is -2.37. The molecule has 1 saturated carbocycles. The quantitative estimate of drug-likeness (QED) is 0.906. The highest BCUT2D eigenvalue weighted by Gasteiger charge is 2.17. The number of nitrogens with zero attached hydrogens (tertiary/aromatic N) is 1. The number of rotatable bonds is 4. The fourth-order valence-corrected chi connectivity index (χ4v) is 3.00. The van der Waals surface area contributed by atoms with Crippen LogP contribution in [0.15, 0.2) is 30.3 Å². The van der Waals surface area contributed by atoms with E-state index in [-0.39, 0.29) is 0 Å². The Labute approximate surface area is 125 Å². The van der Waals surface area contributed by atoms with Gasteiger partial charge >= 0.3 is 0 Å². The van der Waals surface area contributed by atoms with Crippen molar-refractivity contribution < 1.29 is 4.74 Å². The first-order valence-corrected chi connectivity index (χ1v) is 7.68. The lowest BCUT2D eigenvalue weighted by Gasteiger charge is -2.26. The summed E-state index contributed by atoms with van der Waals surface area (Å²) in [6, 6.07) is 11.2. The maximum Gasteiger partial charge on any atom is 0.145 e.